The second-order valence-corrected chi connectivity index (χ2v) is 8.35. The smallest absolute Gasteiger partial charge is 0.314 e. The van der Waals surface area contributed by atoms with Crippen molar-refractivity contribution in [3.05, 3.63) is 29.3 Å². The Morgan fingerprint density at radius 3 is 2.50 bits per heavy atom. The molecular weight excluding hydrogens is 369 g/mol. The van der Waals surface area contributed by atoms with Crippen molar-refractivity contribution in [1.29, 1.82) is 5.26 Å². The highest BCUT2D eigenvalue weighted by Gasteiger charge is 2.38. The monoisotopic (exact) mass is 388 g/mol. The van der Waals surface area contributed by atoms with E-state index < -0.39 is 32.2 Å². The van der Waals surface area contributed by atoms with Gasteiger partial charge in [0, 0.05) is 45.3 Å². The highest BCUT2D eigenvalue weighted by molar-refractivity contribution is 7.89. The maximum absolute atomic E-state index is 13.1. The lowest BCUT2D eigenvalue weighted by atomic mass is 10.1. The molecule has 2 aliphatic rings. The Morgan fingerprint density at radius 1 is 1.19 bits per heavy atom. The molecule has 2 heterocycles. The van der Waals surface area contributed by atoms with Crippen LogP contribution < -0.4 is 5.32 Å². The molecule has 0 aliphatic carbocycles. The molecule has 1 unspecified atom stereocenters. The number of nitriles is 1. The molecule has 2 saturated heterocycles. The summed E-state index contributed by atoms with van der Waals surface area (Å²) < 4.78 is 66.2. The van der Waals surface area contributed by atoms with Crippen LogP contribution in [0.25, 0.3) is 0 Å². The predicted octanol–water partition coefficient (Wildman–Crippen LogP) is 1.25. The lowest BCUT2D eigenvalue weighted by Crippen LogP contribution is -2.49. The first-order valence-corrected chi connectivity index (χ1v) is 9.74. The number of rotatable bonds is 3. The maximum atomic E-state index is 13.1. The van der Waals surface area contributed by atoms with E-state index in [1.807, 2.05) is 0 Å². The molecule has 6 nitrogen and oxygen atoms in total. The molecule has 0 spiro atoms. The van der Waals surface area contributed by atoms with E-state index in [1.165, 1.54) is 10.4 Å². The van der Waals surface area contributed by atoms with Gasteiger partial charge in [-0.2, -0.15) is 22.7 Å². The third kappa shape index (κ3) is 3.71. The molecular formula is C16H19F3N4O2S. The minimum atomic E-state index is -4.79. The summed E-state index contributed by atoms with van der Waals surface area (Å²) in [6.45, 7) is 3.88. The van der Waals surface area contributed by atoms with Crippen LogP contribution in [0.15, 0.2) is 23.1 Å². The van der Waals surface area contributed by atoms with E-state index in [2.05, 4.69) is 10.2 Å². The zero-order valence-electron chi connectivity index (χ0n) is 14.0. The average molecular weight is 388 g/mol. The van der Waals surface area contributed by atoms with E-state index in [9.17, 15) is 21.6 Å². The number of piperazine rings is 1. The molecule has 3 rings (SSSR count). The zero-order chi connectivity index (χ0) is 18.9. The molecule has 1 atom stereocenters. The van der Waals surface area contributed by atoms with Gasteiger partial charge in [-0.3, -0.25) is 4.90 Å². The molecule has 2 aliphatic heterocycles. The molecule has 0 amide bonds. The van der Waals surface area contributed by atoms with Gasteiger partial charge in [0.25, 0.3) is 0 Å². The SMILES string of the molecule is N#Cc1ccc(S(=O)(=O)N2CCC(N3CCNCC3)C2)cc1C(F)(F)F. The van der Waals surface area contributed by atoms with Crippen LogP contribution in [0.5, 0.6) is 0 Å². The largest absolute Gasteiger partial charge is 0.417 e. The summed E-state index contributed by atoms with van der Waals surface area (Å²) >= 11 is 0. The van der Waals surface area contributed by atoms with Crippen LogP contribution in [0, 0.1) is 11.3 Å². The van der Waals surface area contributed by atoms with Gasteiger partial charge in [-0.05, 0) is 24.6 Å². The van der Waals surface area contributed by atoms with Crippen molar-refractivity contribution in [2.75, 3.05) is 39.3 Å². The number of nitrogens with one attached hydrogen (secondary N) is 1. The molecule has 2 fully saturated rings. The first kappa shape index (κ1) is 19.1. The molecule has 1 aromatic rings. The number of sulfonamides is 1. The minimum absolute atomic E-state index is 0.0762. The van der Waals surface area contributed by atoms with Crippen LogP contribution >= 0.6 is 0 Å². The van der Waals surface area contributed by atoms with Crippen LogP contribution in [0.4, 0.5) is 13.2 Å². The molecule has 0 radical (unpaired) electrons. The zero-order valence-corrected chi connectivity index (χ0v) is 14.8. The number of hydrogen-bond donors (Lipinski definition) is 1. The van der Waals surface area contributed by atoms with Crippen molar-refractivity contribution >= 4 is 10.0 Å². The van der Waals surface area contributed by atoms with E-state index in [4.69, 9.17) is 5.26 Å². The standard InChI is InChI=1S/C16H19F3N4O2S/c17-16(18,19)15-9-14(2-1-12(15)10-20)26(24,25)23-6-3-13(11-23)22-7-4-21-5-8-22/h1-2,9,13,21H,3-8,11H2. The molecule has 0 saturated carbocycles. The summed E-state index contributed by atoms with van der Waals surface area (Å²) in [4.78, 5) is 1.79. The highest BCUT2D eigenvalue weighted by atomic mass is 32.2. The second-order valence-electron chi connectivity index (χ2n) is 6.41. The number of benzene rings is 1. The Hall–Kier alpha value is -1.67. The van der Waals surface area contributed by atoms with Gasteiger partial charge < -0.3 is 5.32 Å². The minimum Gasteiger partial charge on any atom is -0.314 e. The van der Waals surface area contributed by atoms with Crippen molar-refractivity contribution < 1.29 is 21.6 Å². The van der Waals surface area contributed by atoms with Crippen molar-refractivity contribution in [3.8, 4) is 6.07 Å². The Labute approximate surface area is 150 Å². The Balaban J connectivity index is 1.84. The fraction of sp³-hybridized carbons (Fsp3) is 0.562. The molecule has 0 aromatic heterocycles. The van der Waals surface area contributed by atoms with Crippen LogP contribution in [0.1, 0.15) is 17.5 Å². The quantitative estimate of drug-likeness (QED) is 0.843. The average Bonchev–Trinajstić information content (AvgIpc) is 3.12. The van der Waals surface area contributed by atoms with E-state index in [0.29, 0.717) is 12.5 Å². The topological polar surface area (TPSA) is 76.4 Å². The van der Waals surface area contributed by atoms with E-state index in [-0.39, 0.29) is 19.1 Å². The third-order valence-electron chi connectivity index (χ3n) is 4.85. The normalized spacial score (nSPS) is 23.1. The van der Waals surface area contributed by atoms with Crippen molar-refractivity contribution in [2.45, 2.75) is 23.5 Å². The molecule has 26 heavy (non-hydrogen) atoms. The summed E-state index contributed by atoms with van der Waals surface area (Å²) in [6.07, 6.45) is -4.13. The van der Waals surface area contributed by atoms with E-state index in [0.717, 1.165) is 38.3 Å². The highest BCUT2D eigenvalue weighted by Crippen LogP contribution is 2.34. The fourth-order valence-corrected chi connectivity index (χ4v) is 4.96. The van der Waals surface area contributed by atoms with Gasteiger partial charge in [0.2, 0.25) is 10.0 Å². The molecule has 0 bridgehead atoms. The molecule has 1 aromatic carbocycles. The Morgan fingerprint density at radius 2 is 1.88 bits per heavy atom. The summed E-state index contributed by atoms with van der Waals surface area (Å²) in [5.74, 6) is 0. The third-order valence-corrected chi connectivity index (χ3v) is 6.71. The summed E-state index contributed by atoms with van der Waals surface area (Å²) in [5.41, 5.74) is -1.81. The maximum Gasteiger partial charge on any atom is 0.417 e. The second kappa shape index (κ2) is 7.15. The lowest BCUT2D eigenvalue weighted by Gasteiger charge is -2.32. The van der Waals surface area contributed by atoms with Gasteiger partial charge >= 0.3 is 6.18 Å². The summed E-state index contributed by atoms with van der Waals surface area (Å²) in [5, 5.41) is 12.1. The van der Waals surface area contributed by atoms with Gasteiger partial charge in [-0.15, -0.1) is 0 Å². The van der Waals surface area contributed by atoms with E-state index in [1.54, 1.807) is 0 Å². The Kier molecular flexibility index (Phi) is 5.25. The predicted molar refractivity (Wildman–Crippen MR) is 87.8 cm³/mol. The van der Waals surface area contributed by atoms with Gasteiger partial charge in [0.15, 0.2) is 0 Å². The van der Waals surface area contributed by atoms with Gasteiger partial charge in [0.1, 0.15) is 0 Å². The molecule has 10 heteroatoms. The number of alkyl halides is 3. The van der Waals surface area contributed by atoms with Crippen LogP contribution in [0.3, 0.4) is 0 Å². The van der Waals surface area contributed by atoms with Crippen molar-refractivity contribution in [3.63, 3.8) is 0 Å². The molecule has 142 valence electrons. The van der Waals surface area contributed by atoms with Gasteiger partial charge in [-0.25, -0.2) is 8.42 Å². The van der Waals surface area contributed by atoms with E-state index >= 15 is 0 Å². The van der Waals surface area contributed by atoms with Crippen molar-refractivity contribution in [2.24, 2.45) is 0 Å². The van der Waals surface area contributed by atoms with Gasteiger partial charge in [-0.1, -0.05) is 0 Å². The summed E-state index contributed by atoms with van der Waals surface area (Å²) in [7, 11) is -4.04. The number of nitrogens with zero attached hydrogens (tertiary/aromatic N) is 3. The van der Waals surface area contributed by atoms with Crippen LogP contribution in [-0.2, 0) is 16.2 Å². The first-order chi connectivity index (χ1) is 12.2. The Bertz CT molecular complexity index is 814. The van der Waals surface area contributed by atoms with Crippen LogP contribution in [-0.4, -0.2) is 62.9 Å². The van der Waals surface area contributed by atoms with Crippen LogP contribution in [0.2, 0.25) is 0 Å². The first-order valence-electron chi connectivity index (χ1n) is 8.30. The lowest BCUT2D eigenvalue weighted by molar-refractivity contribution is -0.137. The molecule has 1 N–H and O–H groups in total. The van der Waals surface area contributed by atoms with Crippen molar-refractivity contribution in [1.82, 2.24) is 14.5 Å². The number of halogens is 3. The number of hydrogen-bond acceptors (Lipinski definition) is 5. The summed E-state index contributed by atoms with van der Waals surface area (Å²) in [6, 6.07) is 4.08. The fourth-order valence-electron chi connectivity index (χ4n) is 3.44. The van der Waals surface area contributed by atoms with Gasteiger partial charge in [0.05, 0.1) is 22.1 Å².